The van der Waals surface area contributed by atoms with Crippen LogP contribution in [-0.2, 0) is 0 Å². The standard InChI is InChI=1S/C16H9Cl2NO4S/c17-7-1-3-10-12(5-7)24-14(13(10)18)15(21)19-8-2-4-9(16(22)23)11(20)6-8/h1-6,20H,(H,19,21)(H,22,23). The molecule has 0 aliphatic rings. The fourth-order valence-corrected chi connectivity index (χ4v) is 3.85. The second kappa shape index (κ2) is 6.32. The van der Waals surface area contributed by atoms with Gasteiger partial charge in [0.05, 0.1) is 5.02 Å². The monoisotopic (exact) mass is 381 g/mol. The van der Waals surface area contributed by atoms with Crippen molar-refractivity contribution in [2.45, 2.75) is 0 Å². The number of thiophene rings is 1. The molecule has 1 heterocycles. The van der Waals surface area contributed by atoms with Gasteiger partial charge in [-0.2, -0.15) is 0 Å². The summed E-state index contributed by atoms with van der Waals surface area (Å²) >= 11 is 13.4. The average molecular weight is 382 g/mol. The van der Waals surface area contributed by atoms with Gasteiger partial charge in [0.1, 0.15) is 16.2 Å². The molecule has 8 heteroatoms. The molecule has 0 spiro atoms. The van der Waals surface area contributed by atoms with Crippen molar-refractivity contribution in [3.63, 3.8) is 0 Å². The van der Waals surface area contributed by atoms with E-state index in [0.29, 0.717) is 14.9 Å². The Kier molecular flexibility index (Phi) is 4.36. The molecule has 2 aromatic carbocycles. The minimum atomic E-state index is -1.25. The zero-order chi connectivity index (χ0) is 17.4. The average Bonchev–Trinajstić information content (AvgIpc) is 2.83. The summed E-state index contributed by atoms with van der Waals surface area (Å²) in [4.78, 5) is 23.6. The molecular weight excluding hydrogens is 373 g/mol. The number of hydrogen-bond donors (Lipinski definition) is 3. The number of aromatic carboxylic acids is 1. The first-order valence-electron chi connectivity index (χ1n) is 6.62. The first-order valence-corrected chi connectivity index (χ1v) is 8.19. The smallest absolute Gasteiger partial charge is 0.339 e. The lowest BCUT2D eigenvalue weighted by atomic mass is 10.2. The van der Waals surface area contributed by atoms with Crippen LogP contribution in [0.15, 0.2) is 36.4 Å². The normalized spacial score (nSPS) is 10.8. The lowest BCUT2D eigenvalue weighted by molar-refractivity contribution is 0.0693. The van der Waals surface area contributed by atoms with Crippen molar-refractivity contribution in [1.82, 2.24) is 0 Å². The van der Waals surface area contributed by atoms with Gasteiger partial charge in [-0.25, -0.2) is 4.79 Å². The third-order valence-corrected chi connectivity index (χ3v) is 5.17. The molecule has 1 aromatic heterocycles. The van der Waals surface area contributed by atoms with Gasteiger partial charge >= 0.3 is 5.97 Å². The maximum atomic E-state index is 12.4. The van der Waals surface area contributed by atoms with Crippen LogP contribution in [0.25, 0.3) is 10.1 Å². The van der Waals surface area contributed by atoms with Crippen LogP contribution in [0.5, 0.6) is 5.75 Å². The van der Waals surface area contributed by atoms with Crippen molar-refractivity contribution in [3.8, 4) is 5.75 Å². The Labute approximate surface area is 150 Å². The number of amides is 1. The van der Waals surface area contributed by atoms with E-state index in [1.807, 2.05) is 0 Å². The molecule has 122 valence electrons. The summed E-state index contributed by atoms with van der Waals surface area (Å²) in [6, 6.07) is 8.91. The molecule has 24 heavy (non-hydrogen) atoms. The number of carboxylic acids is 1. The van der Waals surface area contributed by atoms with Crippen LogP contribution in [0.4, 0.5) is 5.69 Å². The van der Waals surface area contributed by atoms with Crippen LogP contribution >= 0.6 is 34.5 Å². The van der Waals surface area contributed by atoms with Gasteiger partial charge in [-0.1, -0.05) is 29.3 Å². The molecular formula is C16H9Cl2NO4S. The van der Waals surface area contributed by atoms with Gasteiger partial charge in [0.2, 0.25) is 0 Å². The van der Waals surface area contributed by atoms with Gasteiger partial charge in [-0.05, 0) is 24.3 Å². The lowest BCUT2D eigenvalue weighted by Gasteiger charge is -2.06. The minimum Gasteiger partial charge on any atom is -0.507 e. The number of nitrogens with one attached hydrogen (secondary N) is 1. The number of carboxylic acid groups (broad SMARTS) is 1. The third kappa shape index (κ3) is 3.03. The molecule has 1 amide bonds. The molecule has 3 rings (SSSR count). The molecule has 3 aromatic rings. The molecule has 0 atom stereocenters. The number of phenols is 1. The van der Waals surface area contributed by atoms with E-state index in [1.165, 1.54) is 29.5 Å². The highest BCUT2D eigenvalue weighted by Gasteiger charge is 2.18. The number of benzene rings is 2. The summed E-state index contributed by atoms with van der Waals surface area (Å²) in [6.07, 6.45) is 0. The van der Waals surface area contributed by atoms with Crippen molar-refractivity contribution < 1.29 is 19.8 Å². The van der Waals surface area contributed by atoms with Gasteiger partial charge < -0.3 is 15.5 Å². The lowest BCUT2D eigenvalue weighted by Crippen LogP contribution is -2.11. The topological polar surface area (TPSA) is 86.6 Å². The Hall–Kier alpha value is -2.28. The molecule has 0 aliphatic carbocycles. The van der Waals surface area contributed by atoms with Crippen LogP contribution in [0.2, 0.25) is 10.0 Å². The number of aromatic hydroxyl groups is 1. The van der Waals surface area contributed by atoms with Crippen molar-refractivity contribution >= 4 is 62.2 Å². The van der Waals surface area contributed by atoms with Crippen LogP contribution < -0.4 is 5.32 Å². The highest BCUT2D eigenvalue weighted by atomic mass is 35.5. The molecule has 0 radical (unpaired) electrons. The van der Waals surface area contributed by atoms with Crippen LogP contribution in [0.1, 0.15) is 20.0 Å². The fourth-order valence-electron chi connectivity index (χ4n) is 2.16. The Morgan fingerprint density at radius 2 is 1.83 bits per heavy atom. The minimum absolute atomic E-state index is 0.248. The zero-order valence-corrected chi connectivity index (χ0v) is 14.2. The quantitative estimate of drug-likeness (QED) is 0.604. The summed E-state index contributed by atoms with van der Waals surface area (Å²) in [7, 11) is 0. The highest BCUT2D eigenvalue weighted by Crippen LogP contribution is 2.37. The van der Waals surface area contributed by atoms with E-state index in [-0.39, 0.29) is 11.3 Å². The number of halogens is 2. The number of rotatable bonds is 3. The first kappa shape index (κ1) is 16.6. The van der Waals surface area contributed by atoms with Crippen molar-refractivity contribution in [2.75, 3.05) is 5.32 Å². The highest BCUT2D eigenvalue weighted by molar-refractivity contribution is 7.21. The molecule has 3 N–H and O–H groups in total. The Bertz CT molecular complexity index is 984. The van der Waals surface area contributed by atoms with Crippen LogP contribution in [0.3, 0.4) is 0 Å². The molecule has 5 nitrogen and oxygen atoms in total. The predicted octanol–water partition coefficient (Wildman–Crippen LogP) is 4.86. The molecule has 0 aliphatic heterocycles. The van der Waals surface area contributed by atoms with Gasteiger partial charge in [0.15, 0.2) is 0 Å². The molecule has 0 fully saturated rings. The predicted molar refractivity (Wildman–Crippen MR) is 94.9 cm³/mol. The van der Waals surface area contributed by atoms with Crippen molar-refractivity contribution in [3.05, 3.63) is 56.9 Å². The molecule has 0 saturated carbocycles. The van der Waals surface area contributed by atoms with Gasteiger partial charge in [0.25, 0.3) is 5.91 Å². The maximum Gasteiger partial charge on any atom is 0.339 e. The summed E-state index contributed by atoms with van der Waals surface area (Å²) in [5, 5.41) is 22.7. The molecule has 0 saturated heterocycles. The second-order valence-corrected chi connectivity index (χ2v) is 6.74. The van der Waals surface area contributed by atoms with E-state index in [9.17, 15) is 14.7 Å². The Morgan fingerprint density at radius 1 is 1.08 bits per heavy atom. The fraction of sp³-hybridized carbons (Fsp3) is 0. The first-order chi connectivity index (χ1) is 11.4. The van der Waals surface area contributed by atoms with Crippen molar-refractivity contribution in [1.29, 1.82) is 0 Å². The van der Waals surface area contributed by atoms with E-state index in [1.54, 1.807) is 18.2 Å². The molecule has 0 unspecified atom stereocenters. The van der Waals surface area contributed by atoms with E-state index in [4.69, 9.17) is 28.3 Å². The zero-order valence-electron chi connectivity index (χ0n) is 11.8. The molecule has 0 bridgehead atoms. The van der Waals surface area contributed by atoms with Crippen molar-refractivity contribution in [2.24, 2.45) is 0 Å². The van der Waals surface area contributed by atoms with Gasteiger partial charge in [0, 0.05) is 26.9 Å². The van der Waals surface area contributed by atoms with E-state index >= 15 is 0 Å². The Balaban J connectivity index is 1.91. The summed E-state index contributed by atoms with van der Waals surface area (Å²) < 4.78 is 0.779. The SMILES string of the molecule is O=C(O)c1ccc(NC(=O)c2sc3cc(Cl)ccc3c2Cl)cc1O. The number of carbonyl (C=O) groups excluding carboxylic acids is 1. The van der Waals surface area contributed by atoms with Crippen LogP contribution in [-0.4, -0.2) is 22.1 Å². The van der Waals surface area contributed by atoms with Gasteiger partial charge in [-0.3, -0.25) is 4.79 Å². The van der Waals surface area contributed by atoms with Crippen LogP contribution in [0, 0.1) is 0 Å². The number of fused-ring (bicyclic) bond motifs is 1. The summed E-state index contributed by atoms with van der Waals surface area (Å²) in [6.45, 7) is 0. The summed E-state index contributed by atoms with van der Waals surface area (Å²) in [5.41, 5.74) is 0.0107. The largest absolute Gasteiger partial charge is 0.507 e. The Morgan fingerprint density at radius 3 is 2.50 bits per heavy atom. The van der Waals surface area contributed by atoms with E-state index in [0.717, 1.165) is 10.1 Å². The maximum absolute atomic E-state index is 12.4. The number of hydrogen-bond acceptors (Lipinski definition) is 4. The van der Waals surface area contributed by atoms with E-state index in [2.05, 4.69) is 5.32 Å². The number of carbonyl (C=O) groups is 2. The van der Waals surface area contributed by atoms with Gasteiger partial charge in [-0.15, -0.1) is 11.3 Å². The second-order valence-electron chi connectivity index (χ2n) is 4.88. The third-order valence-electron chi connectivity index (χ3n) is 3.28. The van der Waals surface area contributed by atoms with E-state index < -0.39 is 17.6 Å². The summed E-state index contributed by atoms with van der Waals surface area (Å²) in [5.74, 6) is -2.15. The number of anilines is 1.